The van der Waals surface area contributed by atoms with Crippen LogP contribution in [0.25, 0.3) is 10.9 Å². The second kappa shape index (κ2) is 2.60. The molecule has 11 heavy (non-hydrogen) atoms. The van der Waals surface area contributed by atoms with Gasteiger partial charge in [0.25, 0.3) is 0 Å². The highest BCUT2D eigenvalue weighted by atomic mass is 79.9. The Hall–Kier alpha value is -0.350. The molecule has 0 aliphatic carbocycles. The van der Waals surface area contributed by atoms with Crippen LogP contribution in [-0.2, 0) is 0 Å². The predicted octanol–water partition coefficient (Wildman–Crippen LogP) is 3.35. The van der Waals surface area contributed by atoms with Crippen molar-refractivity contribution in [1.82, 2.24) is 5.16 Å². The van der Waals surface area contributed by atoms with E-state index in [4.69, 9.17) is 4.52 Å². The quantitative estimate of drug-likeness (QED) is 0.738. The molecule has 0 spiro atoms. The van der Waals surface area contributed by atoms with Crippen LogP contribution in [0, 0.1) is 0 Å². The average Bonchev–Trinajstić information content (AvgIpc) is 2.32. The zero-order valence-corrected chi connectivity index (χ0v) is 8.52. The molecule has 0 saturated carbocycles. The van der Waals surface area contributed by atoms with Crippen molar-refractivity contribution in [3.05, 3.63) is 27.3 Å². The van der Waals surface area contributed by atoms with E-state index in [0.29, 0.717) is 4.67 Å². The minimum Gasteiger partial charge on any atom is -0.348 e. The summed E-state index contributed by atoms with van der Waals surface area (Å²) in [4.78, 5) is 0. The third-order valence-corrected chi connectivity index (χ3v) is 2.46. The Morgan fingerprint density at radius 2 is 2.09 bits per heavy atom. The molecule has 1 aromatic heterocycles. The molecule has 1 aromatic carbocycles. The van der Waals surface area contributed by atoms with Gasteiger partial charge in [-0.2, -0.15) is 0 Å². The topological polar surface area (TPSA) is 26.0 Å². The van der Waals surface area contributed by atoms with Crippen LogP contribution in [0.2, 0.25) is 0 Å². The van der Waals surface area contributed by atoms with Crippen molar-refractivity contribution in [3.8, 4) is 0 Å². The molecule has 0 aliphatic heterocycles. The lowest BCUT2D eigenvalue weighted by atomic mass is 10.3. The summed E-state index contributed by atoms with van der Waals surface area (Å²) in [6.45, 7) is 0. The van der Waals surface area contributed by atoms with Crippen LogP contribution in [0.1, 0.15) is 0 Å². The first-order valence-corrected chi connectivity index (χ1v) is 4.56. The number of hydrogen-bond donors (Lipinski definition) is 0. The van der Waals surface area contributed by atoms with Gasteiger partial charge in [-0.1, -0.05) is 21.1 Å². The van der Waals surface area contributed by atoms with Crippen molar-refractivity contribution in [2.24, 2.45) is 0 Å². The normalized spacial score (nSPS) is 10.7. The molecule has 0 fully saturated rings. The van der Waals surface area contributed by atoms with Gasteiger partial charge >= 0.3 is 0 Å². The summed E-state index contributed by atoms with van der Waals surface area (Å²) in [6, 6.07) is 5.80. The molecule has 1 heterocycles. The molecule has 0 unspecified atom stereocenters. The van der Waals surface area contributed by atoms with Crippen molar-refractivity contribution < 1.29 is 4.52 Å². The van der Waals surface area contributed by atoms with Gasteiger partial charge in [-0.15, -0.1) is 0 Å². The molecule has 2 nitrogen and oxygen atoms in total. The van der Waals surface area contributed by atoms with Crippen LogP contribution in [0.4, 0.5) is 0 Å². The number of nitrogens with zero attached hydrogens (tertiary/aromatic N) is 1. The van der Waals surface area contributed by atoms with E-state index < -0.39 is 0 Å². The third kappa shape index (κ3) is 1.20. The number of aromatic nitrogens is 1. The average molecular weight is 277 g/mol. The maximum absolute atomic E-state index is 4.92. The van der Waals surface area contributed by atoms with Gasteiger partial charge in [-0.05, 0) is 34.1 Å². The first kappa shape index (κ1) is 7.31. The highest BCUT2D eigenvalue weighted by molar-refractivity contribution is 9.10. The van der Waals surface area contributed by atoms with E-state index in [1.807, 2.05) is 18.2 Å². The fourth-order valence-electron chi connectivity index (χ4n) is 0.885. The van der Waals surface area contributed by atoms with Gasteiger partial charge in [0.05, 0.1) is 5.39 Å². The lowest BCUT2D eigenvalue weighted by molar-refractivity contribution is 0.408. The minimum atomic E-state index is 0.681. The Balaban J connectivity index is 2.86. The Morgan fingerprint density at radius 1 is 1.27 bits per heavy atom. The van der Waals surface area contributed by atoms with Crippen LogP contribution >= 0.6 is 31.9 Å². The second-order valence-corrected chi connectivity index (χ2v) is 3.75. The highest BCUT2D eigenvalue weighted by Crippen LogP contribution is 2.25. The highest BCUT2D eigenvalue weighted by Gasteiger charge is 2.03. The van der Waals surface area contributed by atoms with Crippen LogP contribution < -0.4 is 0 Å². The molecule has 0 radical (unpaired) electrons. The molecule has 0 bridgehead atoms. The van der Waals surface area contributed by atoms with E-state index in [0.717, 1.165) is 15.4 Å². The van der Waals surface area contributed by atoms with Crippen LogP contribution in [-0.4, -0.2) is 5.16 Å². The Kier molecular flexibility index (Phi) is 1.73. The molecule has 0 atom stereocenters. The van der Waals surface area contributed by atoms with E-state index >= 15 is 0 Å². The Labute approximate surface area is 79.8 Å². The Bertz CT molecular complexity index is 396. The summed E-state index contributed by atoms with van der Waals surface area (Å²) < 4.78 is 6.60. The van der Waals surface area contributed by atoms with Gasteiger partial charge in [0.2, 0.25) is 4.67 Å². The van der Waals surface area contributed by atoms with E-state index in [-0.39, 0.29) is 0 Å². The standard InChI is InChI=1S/C7H3Br2NO/c8-4-1-2-5-6(3-4)10-11-7(5)9/h1-3H. The van der Waals surface area contributed by atoms with Crippen molar-refractivity contribution in [3.63, 3.8) is 0 Å². The third-order valence-electron chi connectivity index (χ3n) is 1.40. The summed E-state index contributed by atoms with van der Waals surface area (Å²) in [5, 5.41) is 4.82. The predicted molar refractivity (Wildman–Crippen MR) is 49.4 cm³/mol. The largest absolute Gasteiger partial charge is 0.348 e. The van der Waals surface area contributed by atoms with E-state index in [2.05, 4.69) is 37.0 Å². The lowest BCUT2D eigenvalue weighted by Gasteiger charge is -1.86. The number of hydrogen-bond acceptors (Lipinski definition) is 2. The zero-order valence-electron chi connectivity index (χ0n) is 5.34. The van der Waals surface area contributed by atoms with Crippen LogP contribution in [0.3, 0.4) is 0 Å². The van der Waals surface area contributed by atoms with Gasteiger partial charge in [0.15, 0.2) is 0 Å². The molecule has 0 aliphatic rings. The second-order valence-electron chi connectivity index (χ2n) is 2.12. The van der Waals surface area contributed by atoms with Crippen molar-refractivity contribution >= 4 is 42.8 Å². The summed E-state index contributed by atoms with van der Waals surface area (Å²) in [7, 11) is 0. The van der Waals surface area contributed by atoms with Crippen molar-refractivity contribution in [2.45, 2.75) is 0 Å². The monoisotopic (exact) mass is 275 g/mol. The van der Waals surface area contributed by atoms with E-state index in [9.17, 15) is 0 Å². The fourth-order valence-corrected chi connectivity index (χ4v) is 1.64. The van der Waals surface area contributed by atoms with E-state index in [1.54, 1.807) is 0 Å². The zero-order chi connectivity index (χ0) is 7.84. The summed E-state index contributed by atoms with van der Waals surface area (Å²) in [6.07, 6.45) is 0. The van der Waals surface area contributed by atoms with Gasteiger partial charge in [0, 0.05) is 4.47 Å². The van der Waals surface area contributed by atoms with Crippen LogP contribution in [0.5, 0.6) is 0 Å². The molecule has 0 amide bonds. The maximum atomic E-state index is 4.92. The molecule has 0 saturated heterocycles. The molecule has 4 heteroatoms. The first-order valence-electron chi connectivity index (χ1n) is 2.98. The molecule has 2 aromatic rings. The number of rotatable bonds is 0. The SMILES string of the molecule is Brc1ccc2c(Br)onc2c1. The van der Waals surface area contributed by atoms with Gasteiger partial charge in [-0.3, -0.25) is 0 Å². The number of halogens is 2. The fraction of sp³-hybridized carbons (Fsp3) is 0. The number of benzene rings is 1. The molecule has 0 N–H and O–H groups in total. The smallest absolute Gasteiger partial charge is 0.209 e. The molecular weight excluding hydrogens is 274 g/mol. The summed E-state index contributed by atoms with van der Waals surface area (Å²) in [5.41, 5.74) is 0.853. The Morgan fingerprint density at radius 3 is 2.91 bits per heavy atom. The summed E-state index contributed by atoms with van der Waals surface area (Å²) in [5.74, 6) is 0. The van der Waals surface area contributed by atoms with Gasteiger partial charge in [-0.25, -0.2) is 0 Å². The van der Waals surface area contributed by atoms with Gasteiger partial charge < -0.3 is 4.52 Å². The molecule has 2 rings (SSSR count). The summed E-state index contributed by atoms with van der Waals surface area (Å²) >= 11 is 6.59. The molecular formula is C7H3Br2NO. The lowest BCUT2D eigenvalue weighted by Crippen LogP contribution is -1.66. The van der Waals surface area contributed by atoms with Crippen molar-refractivity contribution in [1.29, 1.82) is 0 Å². The minimum absolute atomic E-state index is 0.681. The first-order chi connectivity index (χ1) is 5.27. The van der Waals surface area contributed by atoms with Crippen LogP contribution in [0.15, 0.2) is 31.9 Å². The van der Waals surface area contributed by atoms with Gasteiger partial charge in [0.1, 0.15) is 5.52 Å². The number of fused-ring (bicyclic) bond motifs is 1. The molecule has 56 valence electrons. The maximum Gasteiger partial charge on any atom is 0.209 e. The van der Waals surface area contributed by atoms with E-state index in [1.165, 1.54) is 0 Å². The van der Waals surface area contributed by atoms with Crippen molar-refractivity contribution in [2.75, 3.05) is 0 Å².